The van der Waals surface area contributed by atoms with E-state index in [0.29, 0.717) is 43.5 Å². The Bertz CT molecular complexity index is 432. The smallest absolute Gasteiger partial charge is 0.342 e. The van der Waals surface area contributed by atoms with Crippen LogP contribution in [0.25, 0.3) is 0 Å². The molecule has 0 aliphatic carbocycles. The Kier molecular flexibility index (Phi) is 8.23. The lowest BCUT2D eigenvalue weighted by atomic mass is 10.2. The minimum atomic E-state index is -0.473. The van der Waals surface area contributed by atoms with Crippen LogP contribution < -0.4 is 9.47 Å². The van der Waals surface area contributed by atoms with Gasteiger partial charge in [0.15, 0.2) is 11.5 Å². The van der Waals surface area contributed by atoms with Crippen LogP contribution in [0.2, 0.25) is 0 Å². The molecule has 0 atom stereocenters. The average Bonchev–Trinajstić information content (AvgIpc) is 2.52. The second kappa shape index (κ2) is 10.0. The predicted octanol–water partition coefficient (Wildman–Crippen LogP) is 1.91. The van der Waals surface area contributed by atoms with Gasteiger partial charge in [0, 0.05) is 6.61 Å². The zero-order valence-corrected chi connectivity index (χ0v) is 12.7. The Balaban J connectivity index is 2.42. The maximum Gasteiger partial charge on any atom is 0.342 e. The first-order valence-corrected chi connectivity index (χ1v) is 6.78. The number of carbonyl (C=O) groups is 1. The van der Waals surface area contributed by atoms with Gasteiger partial charge in [0.1, 0.15) is 12.2 Å². The quantitative estimate of drug-likeness (QED) is 0.486. The standard InChI is InChI=1S/C15H22O6/c1-4-19-8-9-20-10-11-21-15(16)12-6-5-7-13(17-2)14(12)18-3/h5-7H,4,8-11H2,1-3H3. The van der Waals surface area contributed by atoms with E-state index in [1.54, 1.807) is 18.2 Å². The molecule has 0 fully saturated rings. The van der Waals surface area contributed by atoms with E-state index in [0.717, 1.165) is 0 Å². The summed E-state index contributed by atoms with van der Waals surface area (Å²) in [5, 5.41) is 0. The molecule has 0 saturated carbocycles. The Hall–Kier alpha value is -1.79. The Morgan fingerprint density at radius 1 is 1.00 bits per heavy atom. The molecule has 0 aliphatic heterocycles. The van der Waals surface area contributed by atoms with E-state index in [2.05, 4.69) is 0 Å². The fraction of sp³-hybridized carbons (Fsp3) is 0.533. The van der Waals surface area contributed by atoms with E-state index in [1.165, 1.54) is 14.2 Å². The molecule has 0 N–H and O–H groups in total. The minimum Gasteiger partial charge on any atom is -0.493 e. The van der Waals surface area contributed by atoms with Crippen molar-refractivity contribution in [2.24, 2.45) is 0 Å². The van der Waals surface area contributed by atoms with Gasteiger partial charge in [-0.25, -0.2) is 4.79 Å². The van der Waals surface area contributed by atoms with E-state index < -0.39 is 5.97 Å². The molecule has 0 heterocycles. The summed E-state index contributed by atoms with van der Waals surface area (Å²) in [6.07, 6.45) is 0. The van der Waals surface area contributed by atoms with Crippen molar-refractivity contribution in [2.75, 3.05) is 47.3 Å². The number of carbonyl (C=O) groups excluding carboxylic acids is 1. The number of benzene rings is 1. The number of hydrogen-bond acceptors (Lipinski definition) is 6. The highest BCUT2D eigenvalue weighted by atomic mass is 16.6. The minimum absolute atomic E-state index is 0.172. The lowest BCUT2D eigenvalue weighted by molar-refractivity contribution is 0.0162. The van der Waals surface area contributed by atoms with Gasteiger partial charge in [-0.2, -0.15) is 0 Å². The molecule has 0 radical (unpaired) electrons. The Morgan fingerprint density at radius 3 is 2.38 bits per heavy atom. The number of esters is 1. The molecule has 118 valence electrons. The highest BCUT2D eigenvalue weighted by Gasteiger charge is 2.17. The molecular weight excluding hydrogens is 276 g/mol. The van der Waals surface area contributed by atoms with Gasteiger partial charge in [0.25, 0.3) is 0 Å². The molecule has 0 aliphatic rings. The lowest BCUT2D eigenvalue weighted by Crippen LogP contribution is -2.14. The van der Waals surface area contributed by atoms with Crippen molar-refractivity contribution in [3.05, 3.63) is 23.8 Å². The number of rotatable bonds is 10. The molecule has 21 heavy (non-hydrogen) atoms. The van der Waals surface area contributed by atoms with Crippen molar-refractivity contribution >= 4 is 5.97 Å². The molecule has 0 unspecified atom stereocenters. The van der Waals surface area contributed by atoms with Gasteiger partial charge in [-0.15, -0.1) is 0 Å². The Morgan fingerprint density at radius 2 is 1.71 bits per heavy atom. The van der Waals surface area contributed by atoms with Gasteiger partial charge >= 0.3 is 5.97 Å². The summed E-state index contributed by atoms with van der Waals surface area (Å²) >= 11 is 0. The zero-order valence-electron chi connectivity index (χ0n) is 12.7. The van der Waals surface area contributed by atoms with Crippen molar-refractivity contribution < 1.29 is 28.5 Å². The molecule has 6 heteroatoms. The monoisotopic (exact) mass is 298 g/mol. The zero-order chi connectivity index (χ0) is 15.5. The van der Waals surface area contributed by atoms with E-state index >= 15 is 0 Å². The normalized spacial score (nSPS) is 10.2. The maximum atomic E-state index is 12.0. The van der Waals surface area contributed by atoms with Crippen LogP contribution in [0.15, 0.2) is 18.2 Å². The molecule has 1 aromatic carbocycles. The molecule has 6 nitrogen and oxygen atoms in total. The molecule has 0 saturated heterocycles. The molecule has 0 spiro atoms. The number of ether oxygens (including phenoxy) is 5. The van der Waals surface area contributed by atoms with Crippen LogP contribution in [0.1, 0.15) is 17.3 Å². The molecule has 0 aromatic heterocycles. The second-order valence-electron chi connectivity index (χ2n) is 3.99. The number of methoxy groups -OCH3 is 2. The average molecular weight is 298 g/mol. The van der Waals surface area contributed by atoms with Crippen molar-refractivity contribution in [2.45, 2.75) is 6.92 Å². The summed E-state index contributed by atoms with van der Waals surface area (Å²) in [4.78, 5) is 12.0. The van der Waals surface area contributed by atoms with Gasteiger partial charge in [0.05, 0.1) is 34.0 Å². The van der Waals surface area contributed by atoms with Gasteiger partial charge in [-0.3, -0.25) is 0 Å². The molecule has 0 amide bonds. The highest BCUT2D eigenvalue weighted by molar-refractivity contribution is 5.93. The van der Waals surface area contributed by atoms with Crippen LogP contribution in [0, 0.1) is 0 Å². The van der Waals surface area contributed by atoms with E-state index in [4.69, 9.17) is 23.7 Å². The maximum absolute atomic E-state index is 12.0. The van der Waals surface area contributed by atoms with Crippen molar-refractivity contribution in [3.8, 4) is 11.5 Å². The van der Waals surface area contributed by atoms with E-state index in [1.807, 2.05) is 6.92 Å². The largest absolute Gasteiger partial charge is 0.493 e. The fourth-order valence-corrected chi connectivity index (χ4v) is 1.68. The van der Waals surface area contributed by atoms with Crippen LogP contribution in [0.5, 0.6) is 11.5 Å². The van der Waals surface area contributed by atoms with Crippen LogP contribution >= 0.6 is 0 Å². The number of para-hydroxylation sites is 1. The summed E-state index contributed by atoms with van der Waals surface area (Å²) < 4.78 is 25.8. The number of hydrogen-bond donors (Lipinski definition) is 0. The van der Waals surface area contributed by atoms with Crippen LogP contribution in [-0.2, 0) is 14.2 Å². The SMILES string of the molecule is CCOCCOCCOC(=O)c1cccc(OC)c1OC. The Labute approximate surface area is 124 Å². The summed E-state index contributed by atoms with van der Waals surface area (Å²) in [5.74, 6) is 0.376. The van der Waals surface area contributed by atoms with Crippen molar-refractivity contribution in [1.82, 2.24) is 0 Å². The van der Waals surface area contributed by atoms with Gasteiger partial charge in [0.2, 0.25) is 0 Å². The molecule has 0 bridgehead atoms. The second-order valence-corrected chi connectivity index (χ2v) is 3.99. The topological polar surface area (TPSA) is 63.2 Å². The lowest BCUT2D eigenvalue weighted by Gasteiger charge is -2.12. The molecule has 1 aromatic rings. The first-order valence-electron chi connectivity index (χ1n) is 6.78. The van der Waals surface area contributed by atoms with Crippen LogP contribution in [-0.4, -0.2) is 53.2 Å². The van der Waals surface area contributed by atoms with Crippen LogP contribution in [0.3, 0.4) is 0 Å². The summed E-state index contributed by atoms with van der Waals surface area (Å²) in [6.45, 7) is 4.09. The fourth-order valence-electron chi connectivity index (χ4n) is 1.68. The molecular formula is C15H22O6. The third kappa shape index (κ3) is 5.61. The summed E-state index contributed by atoms with van der Waals surface area (Å²) in [5.41, 5.74) is 0.325. The molecule has 1 rings (SSSR count). The van der Waals surface area contributed by atoms with Crippen LogP contribution in [0.4, 0.5) is 0 Å². The first kappa shape index (κ1) is 17.3. The predicted molar refractivity (Wildman–Crippen MR) is 77.1 cm³/mol. The van der Waals surface area contributed by atoms with Gasteiger partial charge < -0.3 is 23.7 Å². The third-order valence-electron chi connectivity index (χ3n) is 2.66. The highest BCUT2D eigenvalue weighted by Crippen LogP contribution is 2.30. The first-order chi connectivity index (χ1) is 10.2. The third-order valence-corrected chi connectivity index (χ3v) is 2.66. The van der Waals surface area contributed by atoms with Crippen molar-refractivity contribution in [1.29, 1.82) is 0 Å². The van der Waals surface area contributed by atoms with Crippen molar-refractivity contribution in [3.63, 3.8) is 0 Å². The van der Waals surface area contributed by atoms with Gasteiger partial charge in [-0.05, 0) is 19.1 Å². The summed E-state index contributed by atoms with van der Waals surface area (Å²) in [6, 6.07) is 5.04. The van der Waals surface area contributed by atoms with E-state index in [9.17, 15) is 4.79 Å². The summed E-state index contributed by atoms with van der Waals surface area (Å²) in [7, 11) is 2.99. The van der Waals surface area contributed by atoms with E-state index in [-0.39, 0.29) is 6.61 Å². The van der Waals surface area contributed by atoms with Gasteiger partial charge in [-0.1, -0.05) is 6.07 Å².